The first-order valence-corrected chi connectivity index (χ1v) is 6.45. The van der Waals surface area contributed by atoms with Crippen LogP contribution in [0.4, 0.5) is 5.82 Å². The molecule has 1 aromatic rings. The van der Waals surface area contributed by atoms with Gasteiger partial charge in [-0.3, -0.25) is 4.79 Å². The van der Waals surface area contributed by atoms with Gasteiger partial charge in [-0.15, -0.1) is 0 Å². The average Bonchev–Trinajstić information content (AvgIpc) is 2.33. The molecule has 4 nitrogen and oxygen atoms in total. The van der Waals surface area contributed by atoms with Gasteiger partial charge < -0.3 is 10.2 Å². The van der Waals surface area contributed by atoms with Crippen molar-refractivity contribution in [3.8, 4) is 0 Å². The quantitative estimate of drug-likeness (QED) is 0.872. The lowest BCUT2D eigenvalue weighted by atomic mass is 10.2. The molecule has 0 spiro atoms. The summed E-state index contributed by atoms with van der Waals surface area (Å²) in [6.45, 7) is 8.87. The fourth-order valence-corrected chi connectivity index (χ4v) is 1.57. The van der Waals surface area contributed by atoms with Crippen LogP contribution in [0.15, 0.2) is 12.1 Å². The van der Waals surface area contributed by atoms with Gasteiger partial charge in [0, 0.05) is 30.9 Å². The Bertz CT molecular complexity index is 416. The van der Waals surface area contributed by atoms with Gasteiger partial charge in [0.05, 0.1) is 0 Å². The molecule has 1 heterocycles. The highest BCUT2D eigenvalue weighted by molar-refractivity contribution is 5.95. The second-order valence-corrected chi connectivity index (χ2v) is 4.82. The number of carbonyl (C=O) groups excluding carboxylic acids is 1. The van der Waals surface area contributed by atoms with Crippen molar-refractivity contribution in [3.63, 3.8) is 0 Å². The van der Waals surface area contributed by atoms with Gasteiger partial charge in [0.1, 0.15) is 5.82 Å². The zero-order chi connectivity index (χ0) is 13.7. The second-order valence-electron chi connectivity index (χ2n) is 4.82. The van der Waals surface area contributed by atoms with Crippen LogP contribution in [-0.4, -0.2) is 35.4 Å². The van der Waals surface area contributed by atoms with E-state index in [0.29, 0.717) is 5.56 Å². The van der Waals surface area contributed by atoms with E-state index in [9.17, 15) is 4.79 Å². The summed E-state index contributed by atoms with van der Waals surface area (Å²) in [7, 11) is 1.82. The van der Waals surface area contributed by atoms with E-state index in [4.69, 9.17) is 0 Å². The molecule has 0 unspecified atom stereocenters. The molecule has 0 bridgehead atoms. The minimum atomic E-state index is 0.0371. The summed E-state index contributed by atoms with van der Waals surface area (Å²) in [6, 6.07) is 3.85. The van der Waals surface area contributed by atoms with Crippen LogP contribution in [0, 0.1) is 6.92 Å². The van der Waals surface area contributed by atoms with Crippen LogP contribution in [0.2, 0.25) is 0 Å². The van der Waals surface area contributed by atoms with Gasteiger partial charge in [-0.1, -0.05) is 6.92 Å². The predicted molar refractivity (Wildman–Crippen MR) is 75.0 cm³/mol. The third-order valence-corrected chi connectivity index (χ3v) is 2.85. The molecule has 1 rings (SSSR count). The monoisotopic (exact) mass is 249 g/mol. The number of pyridine rings is 1. The molecule has 0 radical (unpaired) electrons. The molecule has 0 saturated heterocycles. The van der Waals surface area contributed by atoms with Crippen LogP contribution in [0.1, 0.15) is 43.2 Å². The van der Waals surface area contributed by atoms with Crippen LogP contribution in [0.5, 0.6) is 0 Å². The van der Waals surface area contributed by atoms with Gasteiger partial charge in [-0.2, -0.15) is 0 Å². The highest BCUT2D eigenvalue weighted by Crippen LogP contribution is 2.13. The molecule has 0 aliphatic rings. The molecule has 0 saturated carbocycles. The van der Waals surface area contributed by atoms with Crippen molar-refractivity contribution in [2.24, 2.45) is 0 Å². The van der Waals surface area contributed by atoms with Crippen molar-refractivity contribution in [2.75, 3.05) is 18.9 Å². The number of amides is 1. The minimum Gasteiger partial charge on any atom is -0.370 e. The first kappa shape index (κ1) is 14.5. The zero-order valence-electron chi connectivity index (χ0n) is 11.9. The van der Waals surface area contributed by atoms with Gasteiger partial charge in [0.15, 0.2) is 0 Å². The fourth-order valence-electron chi connectivity index (χ4n) is 1.57. The number of nitrogens with one attached hydrogen (secondary N) is 1. The molecule has 0 fully saturated rings. The highest BCUT2D eigenvalue weighted by Gasteiger charge is 2.15. The van der Waals surface area contributed by atoms with Crippen molar-refractivity contribution < 1.29 is 4.79 Å². The van der Waals surface area contributed by atoms with Crippen LogP contribution >= 0.6 is 0 Å². The molecule has 0 aliphatic heterocycles. The number of carbonyl (C=O) groups is 1. The highest BCUT2D eigenvalue weighted by atomic mass is 16.2. The first-order chi connectivity index (χ1) is 8.45. The van der Waals surface area contributed by atoms with E-state index >= 15 is 0 Å². The molecule has 1 N–H and O–H groups in total. The number of hydrogen-bond acceptors (Lipinski definition) is 3. The second kappa shape index (κ2) is 6.38. The van der Waals surface area contributed by atoms with E-state index in [1.807, 2.05) is 40.0 Å². The molecule has 0 aliphatic carbocycles. The van der Waals surface area contributed by atoms with E-state index in [-0.39, 0.29) is 11.9 Å². The summed E-state index contributed by atoms with van der Waals surface area (Å²) in [5.41, 5.74) is 1.55. The normalized spacial score (nSPS) is 10.6. The van der Waals surface area contributed by atoms with Crippen LogP contribution < -0.4 is 5.32 Å². The fraction of sp³-hybridized carbons (Fsp3) is 0.571. The summed E-state index contributed by atoms with van der Waals surface area (Å²) in [4.78, 5) is 18.3. The summed E-state index contributed by atoms with van der Waals surface area (Å²) in [5.74, 6) is 0.812. The number of anilines is 1. The van der Waals surface area contributed by atoms with E-state index < -0.39 is 0 Å². The number of aryl methyl sites for hydroxylation is 1. The van der Waals surface area contributed by atoms with Gasteiger partial charge in [0.25, 0.3) is 5.91 Å². The van der Waals surface area contributed by atoms with Crippen molar-refractivity contribution in [1.29, 1.82) is 0 Å². The van der Waals surface area contributed by atoms with E-state index in [1.54, 1.807) is 4.90 Å². The van der Waals surface area contributed by atoms with Gasteiger partial charge in [-0.25, -0.2) is 4.98 Å². The maximum Gasteiger partial charge on any atom is 0.254 e. The third kappa shape index (κ3) is 3.72. The van der Waals surface area contributed by atoms with Crippen molar-refractivity contribution in [1.82, 2.24) is 9.88 Å². The Morgan fingerprint density at radius 1 is 1.44 bits per heavy atom. The number of nitrogens with zero attached hydrogens (tertiary/aromatic N) is 2. The predicted octanol–water partition coefficient (Wildman–Crippen LogP) is 2.69. The summed E-state index contributed by atoms with van der Waals surface area (Å²) < 4.78 is 0. The van der Waals surface area contributed by atoms with Crippen LogP contribution in [0.3, 0.4) is 0 Å². The molecule has 1 aromatic heterocycles. The Morgan fingerprint density at radius 2 is 2.11 bits per heavy atom. The Morgan fingerprint density at radius 3 is 2.67 bits per heavy atom. The number of rotatable bonds is 5. The van der Waals surface area contributed by atoms with Crippen molar-refractivity contribution >= 4 is 11.7 Å². The SMILES string of the molecule is CCCNc1cc(C(=O)N(C)C(C)C)cc(C)n1. The Hall–Kier alpha value is -1.58. The Balaban J connectivity index is 2.95. The maximum absolute atomic E-state index is 12.2. The Labute approximate surface area is 109 Å². The van der Waals surface area contributed by atoms with E-state index in [1.165, 1.54) is 0 Å². The minimum absolute atomic E-state index is 0.0371. The standard InChI is InChI=1S/C14H23N3O/c1-6-7-15-13-9-12(8-11(4)16-13)14(18)17(5)10(2)3/h8-10H,6-7H2,1-5H3,(H,15,16). The van der Waals surface area contributed by atoms with E-state index in [2.05, 4.69) is 17.2 Å². The molecule has 4 heteroatoms. The number of hydrogen-bond donors (Lipinski definition) is 1. The van der Waals surface area contributed by atoms with Gasteiger partial charge in [0.2, 0.25) is 0 Å². The third-order valence-electron chi connectivity index (χ3n) is 2.85. The molecule has 0 aromatic carbocycles. The lowest BCUT2D eigenvalue weighted by Gasteiger charge is -2.22. The number of aromatic nitrogens is 1. The molecule has 18 heavy (non-hydrogen) atoms. The smallest absolute Gasteiger partial charge is 0.254 e. The lowest BCUT2D eigenvalue weighted by molar-refractivity contribution is 0.0755. The zero-order valence-corrected chi connectivity index (χ0v) is 11.9. The van der Waals surface area contributed by atoms with Crippen molar-refractivity contribution in [3.05, 3.63) is 23.4 Å². The molecular weight excluding hydrogens is 226 g/mol. The molecule has 100 valence electrons. The van der Waals surface area contributed by atoms with E-state index in [0.717, 1.165) is 24.5 Å². The van der Waals surface area contributed by atoms with Crippen LogP contribution in [0.25, 0.3) is 0 Å². The largest absolute Gasteiger partial charge is 0.370 e. The Kier molecular flexibility index (Phi) is 5.13. The molecule has 1 amide bonds. The van der Waals surface area contributed by atoms with Gasteiger partial charge in [-0.05, 0) is 39.3 Å². The summed E-state index contributed by atoms with van der Waals surface area (Å²) >= 11 is 0. The van der Waals surface area contributed by atoms with Crippen molar-refractivity contribution in [2.45, 2.75) is 40.2 Å². The summed E-state index contributed by atoms with van der Waals surface area (Å²) in [5, 5.41) is 3.22. The summed E-state index contributed by atoms with van der Waals surface area (Å²) in [6.07, 6.45) is 1.03. The average molecular weight is 249 g/mol. The lowest BCUT2D eigenvalue weighted by Crippen LogP contribution is -2.33. The molecule has 0 atom stereocenters. The van der Waals surface area contributed by atoms with Crippen LogP contribution in [-0.2, 0) is 0 Å². The van der Waals surface area contributed by atoms with Gasteiger partial charge >= 0.3 is 0 Å². The maximum atomic E-state index is 12.2. The molecular formula is C14H23N3O. The first-order valence-electron chi connectivity index (χ1n) is 6.45. The topological polar surface area (TPSA) is 45.2 Å².